The molecule has 1 saturated carbocycles. The van der Waals surface area contributed by atoms with Gasteiger partial charge in [-0.25, -0.2) is 0 Å². The summed E-state index contributed by atoms with van der Waals surface area (Å²) in [5, 5.41) is 1.03. The van der Waals surface area contributed by atoms with Crippen molar-refractivity contribution in [2.75, 3.05) is 0 Å². The molecule has 4 nitrogen and oxygen atoms in total. The minimum Gasteiger partial charge on any atom is -0.489 e. The van der Waals surface area contributed by atoms with Gasteiger partial charge < -0.3 is 9.47 Å². The summed E-state index contributed by atoms with van der Waals surface area (Å²) in [4.78, 5) is 24.3. The van der Waals surface area contributed by atoms with Crippen LogP contribution in [0.2, 0.25) is 10.0 Å². The van der Waals surface area contributed by atoms with Gasteiger partial charge in [0.15, 0.2) is 0 Å². The van der Waals surface area contributed by atoms with Crippen molar-refractivity contribution in [1.29, 1.82) is 0 Å². The fraction of sp³-hybridized carbons (Fsp3) is 0.440. The van der Waals surface area contributed by atoms with E-state index in [1.54, 1.807) is 12.1 Å². The first-order valence-corrected chi connectivity index (χ1v) is 11.6. The first kappa shape index (κ1) is 22.2. The molecule has 0 aromatic heterocycles. The highest BCUT2D eigenvalue weighted by atomic mass is 35.5. The number of hydrogen-bond acceptors (Lipinski definition) is 4. The van der Waals surface area contributed by atoms with Crippen LogP contribution in [0.1, 0.15) is 56.1 Å². The average Bonchev–Trinajstić information content (AvgIpc) is 3.29. The lowest BCUT2D eigenvalue weighted by Gasteiger charge is -2.41. The number of carbonyl (C=O) groups is 2. The Morgan fingerprint density at radius 1 is 0.968 bits per heavy atom. The van der Waals surface area contributed by atoms with E-state index >= 15 is 0 Å². The van der Waals surface area contributed by atoms with Crippen molar-refractivity contribution in [2.24, 2.45) is 5.92 Å². The van der Waals surface area contributed by atoms with E-state index in [4.69, 9.17) is 32.7 Å². The molecule has 1 saturated heterocycles. The molecule has 164 valence electrons. The van der Waals surface area contributed by atoms with Gasteiger partial charge in [0.1, 0.15) is 30.2 Å². The van der Waals surface area contributed by atoms with E-state index in [0.29, 0.717) is 29.5 Å². The van der Waals surface area contributed by atoms with Gasteiger partial charge in [0.2, 0.25) is 0 Å². The SMILES string of the molecule is O=C1CC(=O)OC(CCc2ccc(OCc3ccc(Cl)c(Cl)c3)cc2)(C2CCCC2)C1. The first-order valence-electron chi connectivity index (χ1n) is 10.8. The minimum atomic E-state index is -0.633. The molecule has 0 spiro atoms. The van der Waals surface area contributed by atoms with Crippen LogP contribution >= 0.6 is 23.2 Å². The Balaban J connectivity index is 1.37. The van der Waals surface area contributed by atoms with Gasteiger partial charge in [-0.3, -0.25) is 9.59 Å². The van der Waals surface area contributed by atoms with Crippen molar-refractivity contribution in [1.82, 2.24) is 0 Å². The fourth-order valence-electron chi connectivity index (χ4n) is 4.78. The molecule has 2 fully saturated rings. The smallest absolute Gasteiger partial charge is 0.313 e. The largest absolute Gasteiger partial charge is 0.489 e. The summed E-state index contributed by atoms with van der Waals surface area (Å²) in [5.74, 6) is 0.692. The number of Topliss-reactive ketones (excluding diaryl/α,β-unsaturated/α-hetero) is 1. The van der Waals surface area contributed by atoms with Crippen molar-refractivity contribution >= 4 is 35.0 Å². The summed E-state index contributed by atoms with van der Waals surface area (Å²) in [6, 6.07) is 13.4. The summed E-state index contributed by atoms with van der Waals surface area (Å²) in [6.45, 7) is 0.402. The summed E-state index contributed by atoms with van der Waals surface area (Å²) in [6.07, 6.45) is 6.05. The number of aryl methyl sites for hydroxylation is 1. The van der Waals surface area contributed by atoms with Crippen LogP contribution in [0.15, 0.2) is 42.5 Å². The van der Waals surface area contributed by atoms with Gasteiger partial charge in [0.25, 0.3) is 0 Å². The van der Waals surface area contributed by atoms with Crippen molar-refractivity contribution in [2.45, 2.75) is 63.6 Å². The van der Waals surface area contributed by atoms with Crippen molar-refractivity contribution in [3.05, 3.63) is 63.6 Å². The molecule has 2 aliphatic rings. The maximum absolute atomic E-state index is 12.2. The van der Waals surface area contributed by atoms with Gasteiger partial charge in [-0.05, 0) is 67.0 Å². The van der Waals surface area contributed by atoms with Gasteiger partial charge in [0, 0.05) is 6.42 Å². The standard InChI is InChI=1S/C25H26Cl2O4/c26-22-10-7-18(13-23(22)27)16-30-21-8-5-17(6-9-21)11-12-25(19-3-1-2-4-19)15-20(28)14-24(29)31-25/h5-10,13,19H,1-4,11-12,14-16H2. The predicted octanol–water partition coefficient (Wildman–Crippen LogP) is 6.34. The Kier molecular flexibility index (Phi) is 6.88. The monoisotopic (exact) mass is 460 g/mol. The van der Waals surface area contributed by atoms with Gasteiger partial charge in [0.05, 0.1) is 10.0 Å². The second-order valence-electron chi connectivity index (χ2n) is 8.59. The van der Waals surface area contributed by atoms with E-state index in [1.807, 2.05) is 30.3 Å². The number of carbonyl (C=O) groups excluding carboxylic acids is 2. The van der Waals surface area contributed by atoms with E-state index < -0.39 is 5.60 Å². The normalized spacial score (nSPS) is 21.9. The van der Waals surface area contributed by atoms with Crippen LogP contribution in [-0.4, -0.2) is 17.4 Å². The summed E-state index contributed by atoms with van der Waals surface area (Å²) in [7, 11) is 0. The number of benzene rings is 2. The lowest BCUT2D eigenvalue weighted by Crippen LogP contribution is -2.48. The van der Waals surface area contributed by atoms with Crippen LogP contribution in [-0.2, 0) is 27.4 Å². The fourth-order valence-corrected chi connectivity index (χ4v) is 5.10. The molecule has 6 heteroatoms. The van der Waals surface area contributed by atoms with Crippen molar-refractivity contribution in [3.8, 4) is 5.75 Å². The molecule has 4 rings (SSSR count). The van der Waals surface area contributed by atoms with Crippen LogP contribution in [0.5, 0.6) is 5.75 Å². The lowest BCUT2D eigenvalue weighted by molar-refractivity contribution is -0.178. The van der Waals surface area contributed by atoms with Gasteiger partial charge >= 0.3 is 5.97 Å². The Morgan fingerprint density at radius 2 is 1.68 bits per heavy atom. The molecule has 31 heavy (non-hydrogen) atoms. The molecule has 1 atom stereocenters. The number of halogens is 2. The predicted molar refractivity (Wildman–Crippen MR) is 121 cm³/mol. The van der Waals surface area contributed by atoms with Gasteiger partial charge in [-0.1, -0.05) is 54.2 Å². The average molecular weight is 461 g/mol. The molecule has 1 unspecified atom stereocenters. The van der Waals surface area contributed by atoms with Crippen LogP contribution in [0, 0.1) is 5.92 Å². The number of esters is 1. The molecule has 0 radical (unpaired) electrons. The highest BCUT2D eigenvalue weighted by molar-refractivity contribution is 6.42. The number of rotatable bonds is 7. The zero-order chi connectivity index (χ0) is 21.8. The summed E-state index contributed by atoms with van der Waals surface area (Å²) >= 11 is 12.0. The second-order valence-corrected chi connectivity index (χ2v) is 9.41. The molecule has 2 aromatic carbocycles. The van der Waals surface area contributed by atoms with E-state index in [0.717, 1.165) is 49.0 Å². The molecule has 1 aliphatic carbocycles. The second kappa shape index (κ2) is 9.62. The highest BCUT2D eigenvalue weighted by Crippen LogP contribution is 2.44. The van der Waals surface area contributed by atoms with Gasteiger partial charge in [-0.15, -0.1) is 0 Å². The number of ether oxygens (including phenoxy) is 2. The molecule has 1 aliphatic heterocycles. The van der Waals surface area contributed by atoms with Crippen LogP contribution in [0.4, 0.5) is 0 Å². The zero-order valence-electron chi connectivity index (χ0n) is 17.4. The molecular weight excluding hydrogens is 435 g/mol. The topological polar surface area (TPSA) is 52.6 Å². The highest BCUT2D eigenvalue weighted by Gasteiger charge is 2.47. The van der Waals surface area contributed by atoms with E-state index in [-0.39, 0.29) is 24.1 Å². The van der Waals surface area contributed by atoms with Crippen LogP contribution < -0.4 is 4.74 Å². The van der Waals surface area contributed by atoms with E-state index in [9.17, 15) is 9.59 Å². The molecular formula is C25H26Cl2O4. The zero-order valence-corrected chi connectivity index (χ0v) is 18.9. The van der Waals surface area contributed by atoms with Crippen LogP contribution in [0.3, 0.4) is 0 Å². The number of ketones is 1. The Labute approximate surface area is 192 Å². The maximum Gasteiger partial charge on any atom is 0.313 e. The van der Waals surface area contributed by atoms with Gasteiger partial charge in [-0.2, -0.15) is 0 Å². The Bertz CT molecular complexity index is 932. The quantitative estimate of drug-likeness (QED) is 0.357. The Morgan fingerprint density at radius 3 is 2.35 bits per heavy atom. The summed E-state index contributed by atoms with van der Waals surface area (Å²) in [5.41, 5.74) is 1.44. The maximum atomic E-state index is 12.2. The van der Waals surface area contributed by atoms with E-state index in [2.05, 4.69) is 0 Å². The molecule has 1 heterocycles. The number of hydrogen-bond donors (Lipinski definition) is 0. The summed E-state index contributed by atoms with van der Waals surface area (Å²) < 4.78 is 11.7. The minimum absolute atomic E-state index is 0.00852. The van der Waals surface area contributed by atoms with Crippen LogP contribution in [0.25, 0.3) is 0 Å². The Hall–Kier alpha value is -2.04. The van der Waals surface area contributed by atoms with Crippen molar-refractivity contribution in [3.63, 3.8) is 0 Å². The first-order chi connectivity index (χ1) is 14.9. The third-order valence-electron chi connectivity index (χ3n) is 6.40. The molecule has 0 N–H and O–H groups in total. The third kappa shape index (κ3) is 5.42. The third-order valence-corrected chi connectivity index (χ3v) is 7.14. The molecule has 0 bridgehead atoms. The van der Waals surface area contributed by atoms with Crippen molar-refractivity contribution < 1.29 is 19.1 Å². The van der Waals surface area contributed by atoms with E-state index in [1.165, 1.54) is 0 Å². The molecule has 2 aromatic rings. The molecule has 0 amide bonds. The number of cyclic esters (lactones) is 1. The lowest BCUT2D eigenvalue weighted by atomic mass is 9.76.